The van der Waals surface area contributed by atoms with Gasteiger partial charge >= 0.3 is 5.69 Å². The second-order valence-corrected chi connectivity index (χ2v) is 15.5. The summed E-state index contributed by atoms with van der Waals surface area (Å²) < 4.78 is 48.9. The Morgan fingerprint density at radius 3 is 2.04 bits per heavy atom. The molecular formula is C41H49N4O9P. The Labute approximate surface area is 322 Å². The summed E-state index contributed by atoms with van der Waals surface area (Å²) >= 11 is 0. The number of aromatic nitrogens is 2. The van der Waals surface area contributed by atoms with Gasteiger partial charge in [0, 0.05) is 23.8 Å². The van der Waals surface area contributed by atoms with Crippen LogP contribution >= 0.6 is 8.53 Å². The van der Waals surface area contributed by atoms with Gasteiger partial charge in [0.05, 0.1) is 39.9 Å². The fraction of sp³-hybridized carbons (Fsp3) is 0.439. The molecule has 6 atom stereocenters. The van der Waals surface area contributed by atoms with Crippen LogP contribution in [0.5, 0.6) is 11.5 Å². The SMILES string of the molecule is COc1ccc(C(O[C@@H]2CO[C@H]3[C@H](OP(OCCC#N)N(C(C)C)C(C)C)[C@@H]2O[C@H]3n2cc(C)c(=O)[nH]c2=O)(c2ccccc2)c2ccc(OC)cc2)cc1. The Kier molecular flexibility index (Phi) is 12.9. The minimum absolute atomic E-state index is 0.0273. The number of nitrogens with zero attached hydrogens (tertiary/aromatic N) is 3. The van der Waals surface area contributed by atoms with E-state index in [9.17, 15) is 14.9 Å². The van der Waals surface area contributed by atoms with Crippen LogP contribution in [0.3, 0.4) is 0 Å². The highest BCUT2D eigenvalue weighted by molar-refractivity contribution is 7.44. The number of nitriles is 1. The number of benzene rings is 3. The van der Waals surface area contributed by atoms with Crippen molar-refractivity contribution in [1.82, 2.24) is 14.2 Å². The first-order valence-corrected chi connectivity index (χ1v) is 19.5. The summed E-state index contributed by atoms with van der Waals surface area (Å²) in [6.45, 7) is 10.1. The maximum atomic E-state index is 13.3. The average molecular weight is 773 g/mol. The zero-order valence-corrected chi connectivity index (χ0v) is 33.1. The summed E-state index contributed by atoms with van der Waals surface area (Å²) in [7, 11) is 1.48. The van der Waals surface area contributed by atoms with Crippen LogP contribution in [0.4, 0.5) is 0 Å². The van der Waals surface area contributed by atoms with Crippen LogP contribution in [-0.2, 0) is 28.9 Å². The first-order chi connectivity index (χ1) is 26.5. The molecule has 3 heterocycles. The summed E-state index contributed by atoms with van der Waals surface area (Å²) in [5, 5.41) is 9.36. The van der Waals surface area contributed by atoms with Gasteiger partial charge in [0.2, 0.25) is 0 Å². The van der Waals surface area contributed by atoms with E-state index in [0.717, 1.165) is 16.7 Å². The Hall–Kier alpha value is -4.38. The lowest BCUT2D eigenvalue weighted by molar-refractivity contribution is -0.174. The molecule has 292 valence electrons. The van der Waals surface area contributed by atoms with Crippen LogP contribution in [0.2, 0.25) is 0 Å². The highest BCUT2D eigenvalue weighted by atomic mass is 31.2. The molecule has 14 heteroatoms. The number of methoxy groups -OCH3 is 2. The Balaban J connectivity index is 1.50. The van der Waals surface area contributed by atoms with E-state index < -0.39 is 56.0 Å². The molecule has 2 aliphatic heterocycles. The van der Waals surface area contributed by atoms with E-state index in [1.807, 2.05) is 78.9 Å². The Bertz CT molecular complexity index is 1980. The molecule has 1 unspecified atom stereocenters. The molecule has 2 bridgehead atoms. The summed E-state index contributed by atoms with van der Waals surface area (Å²) in [5.74, 6) is 1.37. The van der Waals surface area contributed by atoms with Gasteiger partial charge in [-0.15, -0.1) is 0 Å². The topological polar surface area (TPSA) is 146 Å². The molecular weight excluding hydrogens is 723 g/mol. The molecule has 0 saturated carbocycles. The number of ether oxygens (including phenoxy) is 5. The van der Waals surface area contributed by atoms with E-state index in [-0.39, 0.29) is 31.7 Å². The number of rotatable bonds is 16. The fourth-order valence-electron chi connectivity index (χ4n) is 7.32. The van der Waals surface area contributed by atoms with E-state index in [1.165, 1.54) is 10.8 Å². The summed E-state index contributed by atoms with van der Waals surface area (Å²) in [6, 6.07) is 27.6. The fourth-order valence-corrected chi connectivity index (χ4v) is 9.07. The zero-order chi connectivity index (χ0) is 39.3. The highest BCUT2D eigenvalue weighted by Gasteiger charge is 2.58. The molecule has 0 spiro atoms. The molecule has 1 N–H and O–H groups in total. The van der Waals surface area contributed by atoms with Crippen molar-refractivity contribution >= 4 is 8.53 Å². The molecule has 2 fully saturated rings. The summed E-state index contributed by atoms with van der Waals surface area (Å²) in [4.78, 5) is 28.2. The summed E-state index contributed by atoms with van der Waals surface area (Å²) in [5.41, 5.74) is 0.487. The van der Waals surface area contributed by atoms with E-state index in [1.54, 1.807) is 21.1 Å². The second-order valence-electron chi connectivity index (χ2n) is 14.0. The van der Waals surface area contributed by atoms with Gasteiger partial charge in [0.25, 0.3) is 14.1 Å². The molecule has 2 saturated heterocycles. The smallest absolute Gasteiger partial charge is 0.330 e. The van der Waals surface area contributed by atoms with Crippen molar-refractivity contribution in [2.75, 3.05) is 27.4 Å². The number of H-pyrrole nitrogens is 1. The first kappa shape index (κ1) is 40.3. The number of fused-ring (bicyclic) bond motifs is 2. The van der Waals surface area contributed by atoms with Crippen molar-refractivity contribution in [3.05, 3.63) is 128 Å². The third-order valence-electron chi connectivity index (χ3n) is 9.84. The maximum absolute atomic E-state index is 13.3. The highest BCUT2D eigenvalue weighted by Crippen LogP contribution is 2.53. The molecule has 2 aliphatic rings. The molecule has 55 heavy (non-hydrogen) atoms. The lowest BCUT2D eigenvalue weighted by Gasteiger charge is -2.44. The van der Waals surface area contributed by atoms with Crippen molar-refractivity contribution in [3.8, 4) is 17.6 Å². The van der Waals surface area contributed by atoms with Crippen LogP contribution in [0, 0.1) is 18.3 Å². The molecule has 13 nitrogen and oxygen atoms in total. The zero-order valence-electron chi connectivity index (χ0n) is 32.2. The Morgan fingerprint density at radius 1 is 0.909 bits per heavy atom. The van der Waals surface area contributed by atoms with E-state index in [4.69, 9.17) is 32.7 Å². The van der Waals surface area contributed by atoms with Gasteiger partial charge in [-0.3, -0.25) is 14.3 Å². The van der Waals surface area contributed by atoms with Crippen molar-refractivity contribution in [3.63, 3.8) is 0 Å². The van der Waals surface area contributed by atoms with Crippen molar-refractivity contribution in [1.29, 1.82) is 5.26 Å². The quantitative estimate of drug-likeness (QED) is 0.0790. The van der Waals surface area contributed by atoms with Crippen LogP contribution in [0.25, 0.3) is 0 Å². The molecule has 6 rings (SSSR count). The number of nitrogens with one attached hydrogen (secondary N) is 1. The summed E-state index contributed by atoms with van der Waals surface area (Å²) in [6.07, 6.45) is -2.44. The predicted octanol–water partition coefficient (Wildman–Crippen LogP) is 6.20. The monoisotopic (exact) mass is 772 g/mol. The molecule has 3 aromatic carbocycles. The third-order valence-corrected chi connectivity index (χ3v) is 12.0. The van der Waals surface area contributed by atoms with E-state index in [0.29, 0.717) is 17.1 Å². The van der Waals surface area contributed by atoms with Crippen LogP contribution in [-0.4, -0.2) is 78.2 Å². The van der Waals surface area contributed by atoms with E-state index >= 15 is 0 Å². The van der Waals surface area contributed by atoms with E-state index in [2.05, 4.69) is 43.4 Å². The van der Waals surface area contributed by atoms with Crippen molar-refractivity contribution in [2.24, 2.45) is 0 Å². The van der Waals surface area contributed by atoms with Crippen molar-refractivity contribution < 1.29 is 32.7 Å². The van der Waals surface area contributed by atoms with Crippen molar-refractivity contribution in [2.45, 2.75) is 89.4 Å². The van der Waals surface area contributed by atoms with Gasteiger partial charge < -0.3 is 32.7 Å². The van der Waals surface area contributed by atoms with Gasteiger partial charge in [-0.25, -0.2) is 9.46 Å². The molecule has 4 aromatic rings. The standard InChI is InChI=1S/C41H49N4O9P/c1-26(2)45(27(3)4)55(51-23-11-22-42)54-36-35-34(25-50-37(36)39(52-35)44-24-28(5)38(46)43-40(44)47)53-41(29-12-9-8-10-13-29,30-14-18-32(48-6)19-15-30)31-16-20-33(49-7)21-17-31/h8-10,12-21,24,26-27,34-37,39H,11,23,25H2,1-7H3,(H,43,46,47)/t34-,35-,36-,37+,39-,55?/m1/s1. The van der Waals surface area contributed by atoms with Gasteiger partial charge in [-0.05, 0) is 75.6 Å². The van der Waals surface area contributed by atoms with Crippen LogP contribution < -0.4 is 20.7 Å². The number of aryl methyl sites for hydroxylation is 1. The molecule has 1 aromatic heterocycles. The minimum Gasteiger partial charge on any atom is -0.497 e. The molecule has 0 radical (unpaired) electrons. The predicted molar refractivity (Wildman–Crippen MR) is 207 cm³/mol. The van der Waals surface area contributed by atoms with Crippen LogP contribution in [0.1, 0.15) is 62.6 Å². The molecule has 0 amide bonds. The van der Waals surface area contributed by atoms with Gasteiger partial charge in [0.1, 0.15) is 41.5 Å². The molecule has 0 aliphatic carbocycles. The van der Waals surface area contributed by atoms with Gasteiger partial charge in [-0.1, -0.05) is 54.6 Å². The number of hydrogen-bond acceptors (Lipinski definition) is 11. The number of aromatic amines is 1. The lowest BCUT2D eigenvalue weighted by atomic mass is 9.79. The largest absolute Gasteiger partial charge is 0.497 e. The van der Waals surface area contributed by atoms with Crippen LogP contribution in [0.15, 0.2) is 94.6 Å². The third kappa shape index (κ3) is 8.27. The number of hydrogen-bond donors (Lipinski definition) is 1. The second kappa shape index (κ2) is 17.6. The Morgan fingerprint density at radius 2 is 1.49 bits per heavy atom. The minimum atomic E-state index is -1.76. The average Bonchev–Trinajstić information content (AvgIpc) is 3.42. The first-order valence-electron chi connectivity index (χ1n) is 18.4. The van der Waals surface area contributed by atoms with Gasteiger partial charge in [-0.2, -0.15) is 5.26 Å². The lowest BCUT2D eigenvalue weighted by Crippen LogP contribution is -2.53. The maximum Gasteiger partial charge on any atom is 0.330 e. The normalized spacial score (nSPS) is 21.5. The van der Waals surface area contributed by atoms with Gasteiger partial charge in [0.15, 0.2) is 6.23 Å².